The predicted molar refractivity (Wildman–Crippen MR) is 68.1 cm³/mol. The van der Waals surface area contributed by atoms with Crippen molar-refractivity contribution in [3.63, 3.8) is 0 Å². The number of rotatable bonds is 3. The number of amides is 1. The van der Waals surface area contributed by atoms with Gasteiger partial charge in [-0.1, -0.05) is 25.7 Å². The summed E-state index contributed by atoms with van der Waals surface area (Å²) >= 11 is 0. The molecule has 2 aliphatic carbocycles. The van der Waals surface area contributed by atoms with Crippen LogP contribution in [0, 0.1) is 11.8 Å². The van der Waals surface area contributed by atoms with Crippen molar-refractivity contribution in [2.45, 2.75) is 63.8 Å². The number of carbonyl (C=O) groups excluding carboxylic acids is 1. The highest BCUT2D eigenvalue weighted by Crippen LogP contribution is 2.30. The van der Waals surface area contributed by atoms with Crippen LogP contribution in [0.2, 0.25) is 0 Å². The monoisotopic (exact) mass is 253 g/mol. The number of hydrogen-bond acceptors (Lipinski definition) is 2. The molecule has 0 bridgehead atoms. The van der Waals surface area contributed by atoms with E-state index >= 15 is 0 Å². The van der Waals surface area contributed by atoms with Gasteiger partial charge in [-0.05, 0) is 32.1 Å². The van der Waals surface area contributed by atoms with Gasteiger partial charge in [0.25, 0.3) is 0 Å². The fraction of sp³-hybridized carbons (Fsp3) is 0.857. The number of carboxylic acid groups (broad SMARTS) is 1. The fourth-order valence-electron chi connectivity index (χ4n) is 3.22. The predicted octanol–water partition coefficient (Wildman–Crippen LogP) is 2.33. The van der Waals surface area contributed by atoms with Crippen LogP contribution in [0.5, 0.6) is 0 Å². The van der Waals surface area contributed by atoms with E-state index in [0.717, 1.165) is 32.1 Å². The molecule has 2 aliphatic rings. The van der Waals surface area contributed by atoms with E-state index in [4.69, 9.17) is 5.11 Å². The molecule has 0 aromatic heterocycles. The van der Waals surface area contributed by atoms with Crippen LogP contribution in [0.15, 0.2) is 0 Å². The van der Waals surface area contributed by atoms with Gasteiger partial charge in [0.15, 0.2) is 0 Å². The molecule has 2 atom stereocenters. The maximum atomic E-state index is 12.1. The molecule has 2 rings (SSSR count). The van der Waals surface area contributed by atoms with Crippen molar-refractivity contribution >= 4 is 11.9 Å². The second-order valence-electron chi connectivity index (χ2n) is 5.74. The Bertz CT molecular complexity index is 310. The highest BCUT2D eigenvalue weighted by molar-refractivity contribution is 5.80. The summed E-state index contributed by atoms with van der Waals surface area (Å²) in [6.07, 6.45) is 8.80. The molecule has 0 heterocycles. The lowest BCUT2D eigenvalue weighted by Crippen LogP contribution is -2.41. The minimum Gasteiger partial charge on any atom is -0.481 e. The minimum absolute atomic E-state index is 0.0817. The molecule has 0 radical (unpaired) electrons. The van der Waals surface area contributed by atoms with Crippen LogP contribution in [-0.2, 0) is 9.59 Å². The van der Waals surface area contributed by atoms with Gasteiger partial charge < -0.3 is 10.4 Å². The molecule has 18 heavy (non-hydrogen) atoms. The first-order valence-electron chi connectivity index (χ1n) is 7.20. The van der Waals surface area contributed by atoms with Crippen molar-refractivity contribution in [1.29, 1.82) is 0 Å². The Hall–Kier alpha value is -1.06. The quantitative estimate of drug-likeness (QED) is 0.811. The van der Waals surface area contributed by atoms with Gasteiger partial charge in [-0.3, -0.25) is 9.59 Å². The van der Waals surface area contributed by atoms with Gasteiger partial charge >= 0.3 is 5.97 Å². The van der Waals surface area contributed by atoms with Gasteiger partial charge in [-0.15, -0.1) is 0 Å². The van der Waals surface area contributed by atoms with E-state index in [1.165, 1.54) is 19.3 Å². The summed E-state index contributed by atoms with van der Waals surface area (Å²) < 4.78 is 0. The number of hydrogen-bond donors (Lipinski definition) is 2. The average Bonchev–Trinajstić information content (AvgIpc) is 2.40. The third-order valence-electron chi connectivity index (χ3n) is 4.35. The maximum absolute atomic E-state index is 12.1. The first kappa shape index (κ1) is 13.4. The van der Waals surface area contributed by atoms with E-state index in [-0.39, 0.29) is 17.7 Å². The van der Waals surface area contributed by atoms with Crippen molar-refractivity contribution in [2.75, 3.05) is 0 Å². The number of nitrogens with one attached hydrogen (secondary N) is 1. The van der Waals surface area contributed by atoms with E-state index < -0.39 is 5.97 Å². The van der Waals surface area contributed by atoms with Crippen molar-refractivity contribution in [2.24, 2.45) is 11.8 Å². The second-order valence-corrected chi connectivity index (χ2v) is 5.74. The first-order valence-corrected chi connectivity index (χ1v) is 7.20. The van der Waals surface area contributed by atoms with Crippen LogP contribution < -0.4 is 5.32 Å². The zero-order valence-corrected chi connectivity index (χ0v) is 10.9. The van der Waals surface area contributed by atoms with Crippen LogP contribution >= 0.6 is 0 Å². The van der Waals surface area contributed by atoms with Crippen LogP contribution in [0.3, 0.4) is 0 Å². The molecule has 0 aromatic carbocycles. The molecule has 0 unspecified atom stereocenters. The molecule has 0 aromatic rings. The van der Waals surface area contributed by atoms with E-state index in [2.05, 4.69) is 5.32 Å². The standard InChI is InChI=1S/C14H23NO3/c16-13(15-12-7-2-1-3-8-12)10-5-4-6-11(9-10)14(17)18/h10-12H,1-9H2,(H,15,16)(H,17,18)/t10-,11-/m0/s1. The maximum Gasteiger partial charge on any atom is 0.306 e. The third kappa shape index (κ3) is 3.47. The molecular weight excluding hydrogens is 230 g/mol. The Labute approximate surface area is 108 Å². The smallest absolute Gasteiger partial charge is 0.306 e. The van der Waals surface area contributed by atoms with E-state index in [9.17, 15) is 9.59 Å². The van der Waals surface area contributed by atoms with Crippen molar-refractivity contribution in [1.82, 2.24) is 5.32 Å². The fourth-order valence-corrected chi connectivity index (χ4v) is 3.22. The van der Waals surface area contributed by atoms with Crippen LogP contribution in [0.1, 0.15) is 57.8 Å². The lowest BCUT2D eigenvalue weighted by Gasteiger charge is -2.29. The normalized spacial score (nSPS) is 29.8. The van der Waals surface area contributed by atoms with E-state index in [1.807, 2.05) is 0 Å². The summed E-state index contributed by atoms with van der Waals surface area (Å²) in [4.78, 5) is 23.1. The van der Waals surface area contributed by atoms with Crippen molar-refractivity contribution < 1.29 is 14.7 Å². The zero-order valence-electron chi connectivity index (χ0n) is 10.9. The number of carboxylic acids is 1. The van der Waals surface area contributed by atoms with E-state index in [0.29, 0.717) is 12.5 Å². The topological polar surface area (TPSA) is 66.4 Å². The summed E-state index contributed by atoms with van der Waals surface area (Å²) in [5, 5.41) is 12.1. The van der Waals surface area contributed by atoms with Gasteiger partial charge in [-0.2, -0.15) is 0 Å². The summed E-state index contributed by atoms with van der Waals surface area (Å²) in [5.74, 6) is -1.05. The van der Waals surface area contributed by atoms with Gasteiger partial charge in [0.1, 0.15) is 0 Å². The lowest BCUT2D eigenvalue weighted by molar-refractivity contribution is -0.144. The summed E-state index contributed by atoms with van der Waals surface area (Å²) in [5.41, 5.74) is 0. The molecule has 1 amide bonds. The van der Waals surface area contributed by atoms with E-state index in [1.54, 1.807) is 0 Å². The molecule has 4 nitrogen and oxygen atoms in total. The summed E-state index contributed by atoms with van der Waals surface area (Å²) in [6.45, 7) is 0. The molecular formula is C14H23NO3. The van der Waals surface area contributed by atoms with Crippen molar-refractivity contribution in [3.8, 4) is 0 Å². The molecule has 0 spiro atoms. The Morgan fingerprint density at radius 1 is 0.889 bits per heavy atom. The average molecular weight is 253 g/mol. The lowest BCUT2D eigenvalue weighted by atomic mass is 9.80. The first-order chi connectivity index (χ1) is 8.66. The molecule has 102 valence electrons. The second kappa shape index (κ2) is 6.21. The van der Waals surface area contributed by atoms with Crippen LogP contribution in [-0.4, -0.2) is 23.0 Å². The highest BCUT2D eigenvalue weighted by Gasteiger charge is 2.31. The largest absolute Gasteiger partial charge is 0.481 e. The van der Waals surface area contributed by atoms with Gasteiger partial charge in [0.2, 0.25) is 5.91 Å². The molecule has 2 N–H and O–H groups in total. The SMILES string of the molecule is O=C(O)[C@H]1CCC[C@H](C(=O)NC2CCCCC2)C1. The molecule has 0 aliphatic heterocycles. The highest BCUT2D eigenvalue weighted by atomic mass is 16.4. The molecule has 2 fully saturated rings. The van der Waals surface area contributed by atoms with Gasteiger partial charge in [0, 0.05) is 12.0 Å². The molecule has 0 saturated heterocycles. The summed E-state index contributed by atoms with van der Waals surface area (Å²) in [6, 6.07) is 0.330. The third-order valence-corrected chi connectivity index (χ3v) is 4.35. The van der Waals surface area contributed by atoms with Gasteiger partial charge in [0.05, 0.1) is 5.92 Å². The summed E-state index contributed by atoms with van der Waals surface area (Å²) in [7, 11) is 0. The molecule has 2 saturated carbocycles. The Morgan fingerprint density at radius 2 is 1.56 bits per heavy atom. The van der Waals surface area contributed by atoms with Crippen LogP contribution in [0.25, 0.3) is 0 Å². The Morgan fingerprint density at radius 3 is 2.22 bits per heavy atom. The van der Waals surface area contributed by atoms with Crippen molar-refractivity contribution in [3.05, 3.63) is 0 Å². The number of carbonyl (C=O) groups is 2. The van der Waals surface area contributed by atoms with Crippen LogP contribution in [0.4, 0.5) is 0 Å². The molecule has 4 heteroatoms. The number of aliphatic carboxylic acids is 1. The Balaban J connectivity index is 1.82. The zero-order chi connectivity index (χ0) is 13.0. The van der Waals surface area contributed by atoms with Gasteiger partial charge in [-0.25, -0.2) is 0 Å². The minimum atomic E-state index is -0.745. The Kier molecular flexibility index (Phi) is 4.61.